The predicted octanol–water partition coefficient (Wildman–Crippen LogP) is -2.05. The molecule has 5 heteroatoms. The molecule has 0 aromatic rings. The zero-order valence-electron chi connectivity index (χ0n) is 2.63. The molecule has 0 aromatic heterocycles. The summed E-state index contributed by atoms with van der Waals surface area (Å²) in [6.45, 7) is 0. The summed E-state index contributed by atoms with van der Waals surface area (Å²) in [4.78, 5) is 0. The maximum atomic E-state index is 7.17. The molecule has 0 aliphatic heterocycles. The van der Waals surface area contributed by atoms with E-state index in [1.165, 1.54) is 0 Å². The normalized spacial score (nSPS) is 5.40. The van der Waals surface area contributed by atoms with Crippen LogP contribution in [0.3, 0.4) is 0 Å². The first kappa shape index (κ1) is 9.30. The Balaban J connectivity index is 0. The fourth-order valence-electron chi connectivity index (χ4n) is 0. The summed E-state index contributed by atoms with van der Waals surface area (Å²) >= 11 is 0. The summed E-state index contributed by atoms with van der Waals surface area (Å²) in [7, 11) is -2.17. The molecule has 0 rings (SSSR count). The van der Waals surface area contributed by atoms with E-state index in [-0.39, 0.29) is 27.7 Å². The Morgan fingerprint density at radius 1 is 1.00 bits per heavy atom. The van der Waals surface area contributed by atoms with Crippen LogP contribution in [0, 0.1) is 0 Å². The van der Waals surface area contributed by atoms with Crippen LogP contribution in [0.15, 0.2) is 0 Å². The summed E-state index contributed by atoms with van der Waals surface area (Å²) in [5.41, 5.74) is 0. The van der Waals surface area contributed by atoms with Gasteiger partial charge in [0.1, 0.15) is 0 Å². The van der Waals surface area contributed by atoms with Gasteiger partial charge in [0.05, 0.1) is 0 Å². The van der Waals surface area contributed by atoms with Crippen molar-refractivity contribution in [3.05, 3.63) is 0 Å². The van der Waals surface area contributed by atoms with Crippen molar-refractivity contribution in [2.24, 2.45) is 0 Å². The van der Waals surface area contributed by atoms with Gasteiger partial charge >= 0.3 is 7.32 Å². The Morgan fingerprint density at radius 2 is 1.00 bits per heavy atom. The van der Waals surface area contributed by atoms with E-state index in [9.17, 15) is 0 Å². The third-order valence-electron chi connectivity index (χ3n) is 0. The van der Waals surface area contributed by atoms with Gasteiger partial charge in [0.15, 0.2) is 0 Å². The van der Waals surface area contributed by atoms with Gasteiger partial charge in [0.25, 0.3) is 0 Å². The molecule has 26 valence electrons. The summed E-state index contributed by atoms with van der Waals surface area (Å²) in [6, 6.07) is 0. The minimum atomic E-state index is -2.17. The second kappa shape index (κ2) is 4.88. The molecule has 0 bridgehead atoms. The fraction of sp³-hybridized carbons (Fsp3) is 0. The van der Waals surface area contributed by atoms with Crippen LogP contribution in [-0.4, -0.2) is 22.4 Å². The van der Waals surface area contributed by atoms with Gasteiger partial charge in [0.2, 0.25) is 0 Å². The minimum Gasteiger partial charge on any atom is -0.402 e. The van der Waals surface area contributed by atoms with Gasteiger partial charge in [-0.1, -0.05) is 0 Å². The molecule has 0 amide bonds. The molecular weight excluding hydrogens is 259 g/mol. The van der Waals surface area contributed by atoms with Gasteiger partial charge in [-0.3, -0.25) is 0 Å². The number of hydrogen-bond acceptors (Lipinski definition) is 3. The topological polar surface area (TPSA) is 60.7 Å². The summed E-state index contributed by atoms with van der Waals surface area (Å²) in [5.74, 6) is 0. The van der Waals surface area contributed by atoms with Crippen LogP contribution in [0.1, 0.15) is 0 Å². The zero-order chi connectivity index (χ0) is 3.58. The van der Waals surface area contributed by atoms with Crippen molar-refractivity contribution in [1.29, 1.82) is 0 Å². The number of hydrogen-bond donors (Lipinski definition) is 3. The van der Waals surface area contributed by atoms with Crippen molar-refractivity contribution < 1.29 is 42.7 Å². The third-order valence-corrected chi connectivity index (χ3v) is 0. The first-order chi connectivity index (χ1) is 1.73. The molecule has 0 radical (unpaired) electrons. The maximum absolute atomic E-state index is 7.17. The molecule has 3 nitrogen and oxygen atoms in total. The van der Waals surface area contributed by atoms with Crippen LogP contribution in [0.4, 0.5) is 0 Å². The Bertz CT molecular complexity index is 11.6. The van der Waals surface area contributed by atoms with Gasteiger partial charge in [-0.15, -0.1) is 0 Å². The first-order valence-electron chi connectivity index (χ1n) is 0.775. The average molecular weight is 262 g/mol. The molecule has 5 heavy (non-hydrogen) atoms. The Morgan fingerprint density at radius 3 is 1.00 bits per heavy atom. The quantitative estimate of drug-likeness (QED) is 0.440. The van der Waals surface area contributed by atoms with Crippen LogP contribution < -0.4 is 0 Å². The standard InChI is InChI=1S/BH3O3.Hg/c2-1(3)4;/h2-4H;. The molecular formula is H3BHgO3. The van der Waals surface area contributed by atoms with Gasteiger partial charge in [0, 0.05) is 27.7 Å². The van der Waals surface area contributed by atoms with Gasteiger partial charge in [-0.2, -0.15) is 0 Å². The fourth-order valence-corrected chi connectivity index (χ4v) is 0. The monoisotopic (exact) mass is 264 g/mol. The average Bonchev–Trinajstić information content (AvgIpc) is 0.811. The van der Waals surface area contributed by atoms with Crippen LogP contribution >= 0.6 is 0 Å². The van der Waals surface area contributed by atoms with Crippen molar-refractivity contribution in [1.82, 2.24) is 0 Å². The molecule has 0 spiro atoms. The second-order valence-electron chi connectivity index (χ2n) is 0.346. The molecule has 0 aliphatic rings. The van der Waals surface area contributed by atoms with Crippen molar-refractivity contribution in [3.63, 3.8) is 0 Å². The van der Waals surface area contributed by atoms with Crippen LogP contribution in [-0.2, 0) is 27.7 Å². The van der Waals surface area contributed by atoms with Crippen molar-refractivity contribution >= 4 is 7.32 Å². The largest absolute Gasteiger partial charge is 0.631 e. The van der Waals surface area contributed by atoms with E-state index in [0.29, 0.717) is 0 Å². The molecule has 0 fully saturated rings. The molecule has 0 aromatic carbocycles. The molecule has 0 saturated heterocycles. The summed E-state index contributed by atoms with van der Waals surface area (Å²) in [5, 5.41) is 21.5. The van der Waals surface area contributed by atoms with Crippen LogP contribution in [0.5, 0.6) is 0 Å². The van der Waals surface area contributed by atoms with E-state index < -0.39 is 7.32 Å². The molecule has 0 saturated carbocycles. The van der Waals surface area contributed by atoms with E-state index in [1.54, 1.807) is 0 Å². The van der Waals surface area contributed by atoms with Crippen LogP contribution in [0.25, 0.3) is 0 Å². The molecule has 3 N–H and O–H groups in total. The van der Waals surface area contributed by atoms with Crippen molar-refractivity contribution in [2.45, 2.75) is 0 Å². The molecule has 0 atom stereocenters. The second-order valence-corrected chi connectivity index (χ2v) is 0.346. The van der Waals surface area contributed by atoms with Crippen molar-refractivity contribution in [3.8, 4) is 0 Å². The van der Waals surface area contributed by atoms with E-state index in [1.807, 2.05) is 0 Å². The van der Waals surface area contributed by atoms with E-state index >= 15 is 0 Å². The van der Waals surface area contributed by atoms with Gasteiger partial charge in [-0.05, 0) is 0 Å². The van der Waals surface area contributed by atoms with Crippen LogP contribution in [0.2, 0.25) is 0 Å². The Hall–Kier alpha value is 0.880. The maximum Gasteiger partial charge on any atom is 0.631 e. The Kier molecular flexibility index (Phi) is 9.08. The number of rotatable bonds is 0. The smallest absolute Gasteiger partial charge is 0.402 e. The van der Waals surface area contributed by atoms with E-state index in [2.05, 4.69) is 0 Å². The third kappa shape index (κ3) is 52.3. The Labute approximate surface area is 50.3 Å². The van der Waals surface area contributed by atoms with Gasteiger partial charge < -0.3 is 15.1 Å². The van der Waals surface area contributed by atoms with E-state index in [4.69, 9.17) is 15.1 Å². The van der Waals surface area contributed by atoms with E-state index in [0.717, 1.165) is 0 Å². The predicted molar refractivity (Wildman–Crippen MR) is 12.4 cm³/mol. The summed E-state index contributed by atoms with van der Waals surface area (Å²) in [6.07, 6.45) is 0. The summed E-state index contributed by atoms with van der Waals surface area (Å²) < 4.78 is 0. The van der Waals surface area contributed by atoms with Gasteiger partial charge in [-0.25, -0.2) is 0 Å². The SMILES string of the molecule is OB(O)O.[Hg]. The molecule has 0 aliphatic carbocycles. The zero-order valence-corrected chi connectivity index (χ0v) is 8.12. The van der Waals surface area contributed by atoms with Crippen molar-refractivity contribution in [2.75, 3.05) is 0 Å². The molecule has 0 unspecified atom stereocenters. The molecule has 0 heterocycles. The minimum absolute atomic E-state index is 0. The first-order valence-corrected chi connectivity index (χ1v) is 0.775.